The van der Waals surface area contributed by atoms with Crippen LogP contribution >= 0.6 is 0 Å². The summed E-state index contributed by atoms with van der Waals surface area (Å²) in [7, 11) is -1.80. The molecule has 1 fully saturated rings. The van der Waals surface area contributed by atoms with Gasteiger partial charge < -0.3 is 9.16 Å². The van der Waals surface area contributed by atoms with Crippen LogP contribution in [0.5, 0.6) is 0 Å². The van der Waals surface area contributed by atoms with Gasteiger partial charge in [-0.2, -0.15) is 0 Å². The summed E-state index contributed by atoms with van der Waals surface area (Å²) in [4.78, 5) is 0. The smallest absolute Gasteiger partial charge is 0.192 e. The van der Waals surface area contributed by atoms with Gasteiger partial charge in [-0.15, -0.1) is 0 Å². The Morgan fingerprint density at radius 1 is 1.17 bits per heavy atom. The van der Waals surface area contributed by atoms with Crippen molar-refractivity contribution in [3.05, 3.63) is 23.8 Å². The summed E-state index contributed by atoms with van der Waals surface area (Å²) in [6.45, 7) is 20.7. The first-order chi connectivity index (χ1) is 10.8. The quantitative estimate of drug-likeness (QED) is 0.334. The van der Waals surface area contributed by atoms with Gasteiger partial charge in [0.05, 0.1) is 17.8 Å². The Balaban J connectivity index is 2.26. The minimum Gasteiger partial charge on any atom is -0.410 e. The lowest BCUT2D eigenvalue weighted by Crippen LogP contribution is -2.44. The second kappa shape index (κ2) is 6.41. The molecule has 0 unspecified atom stereocenters. The van der Waals surface area contributed by atoms with E-state index in [1.165, 1.54) is 5.57 Å². The Hall–Kier alpha value is -0.383. The SMILES string of the molecule is C/C1=C\CC(C)(C)/C=C/C[C@@]2(C)O[C@@H]2C[C@@H]1O[Si](C)(C)C(C)(C)C. The number of epoxide rings is 1. The van der Waals surface area contributed by atoms with E-state index in [2.05, 4.69) is 79.8 Å². The van der Waals surface area contributed by atoms with E-state index >= 15 is 0 Å². The first kappa shape index (κ1) is 19.9. The summed E-state index contributed by atoms with van der Waals surface area (Å²) in [6.07, 6.45) is 10.6. The second-order valence-corrected chi connectivity index (χ2v) is 15.0. The van der Waals surface area contributed by atoms with Gasteiger partial charge in [-0.1, -0.05) is 52.8 Å². The van der Waals surface area contributed by atoms with Crippen molar-refractivity contribution >= 4 is 8.32 Å². The average molecular weight is 351 g/mol. The van der Waals surface area contributed by atoms with E-state index in [1.807, 2.05) is 0 Å². The van der Waals surface area contributed by atoms with E-state index in [0.29, 0.717) is 6.10 Å². The minimum absolute atomic E-state index is 0.00619. The highest BCUT2D eigenvalue weighted by atomic mass is 28.4. The molecule has 0 bridgehead atoms. The molecule has 0 aromatic carbocycles. The average Bonchev–Trinajstić information content (AvgIpc) is 3.03. The van der Waals surface area contributed by atoms with Crippen molar-refractivity contribution in [3.63, 3.8) is 0 Å². The lowest BCUT2D eigenvalue weighted by Gasteiger charge is -2.39. The fourth-order valence-corrected chi connectivity index (χ4v) is 4.40. The zero-order valence-corrected chi connectivity index (χ0v) is 18.3. The zero-order chi connectivity index (χ0) is 18.4. The van der Waals surface area contributed by atoms with E-state index in [4.69, 9.17) is 9.16 Å². The molecular formula is C21H38O2Si. The maximum absolute atomic E-state index is 6.81. The number of ether oxygens (including phenoxy) is 1. The predicted molar refractivity (Wildman–Crippen MR) is 106 cm³/mol. The molecule has 0 aromatic rings. The van der Waals surface area contributed by atoms with Gasteiger partial charge in [-0.25, -0.2) is 0 Å². The third kappa shape index (κ3) is 4.62. The molecule has 1 saturated heterocycles. The fourth-order valence-electron chi connectivity index (χ4n) is 3.06. The molecule has 24 heavy (non-hydrogen) atoms. The molecule has 0 aromatic heterocycles. The van der Waals surface area contributed by atoms with Crippen molar-refractivity contribution < 1.29 is 9.16 Å². The maximum Gasteiger partial charge on any atom is 0.192 e. The summed E-state index contributed by atoms with van der Waals surface area (Å²) in [5.41, 5.74) is 1.57. The molecule has 0 N–H and O–H groups in total. The van der Waals surface area contributed by atoms with Crippen LogP contribution in [0, 0.1) is 5.41 Å². The third-order valence-corrected chi connectivity index (χ3v) is 10.7. The molecule has 3 heteroatoms. The van der Waals surface area contributed by atoms with Gasteiger partial charge in [0.1, 0.15) is 0 Å². The predicted octanol–water partition coefficient (Wildman–Crippen LogP) is 6.25. The normalized spacial score (nSPS) is 37.6. The van der Waals surface area contributed by atoms with Crippen LogP contribution < -0.4 is 0 Å². The highest BCUT2D eigenvalue weighted by molar-refractivity contribution is 6.74. The first-order valence-corrected chi connectivity index (χ1v) is 12.4. The summed E-state index contributed by atoms with van der Waals surface area (Å²) < 4.78 is 12.9. The maximum atomic E-state index is 6.81. The molecule has 3 atom stereocenters. The van der Waals surface area contributed by atoms with Gasteiger partial charge in [-0.3, -0.25) is 0 Å². The number of allylic oxidation sites excluding steroid dienone is 2. The van der Waals surface area contributed by atoms with Crippen molar-refractivity contribution in [3.8, 4) is 0 Å². The van der Waals surface area contributed by atoms with Crippen molar-refractivity contribution in [2.24, 2.45) is 5.41 Å². The van der Waals surface area contributed by atoms with Crippen molar-refractivity contribution in [1.82, 2.24) is 0 Å². The summed E-state index contributed by atoms with van der Waals surface area (Å²) in [6, 6.07) is 0. The molecule has 2 nitrogen and oxygen atoms in total. The Labute approximate surface area is 150 Å². The lowest BCUT2D eigenvalue weighted by molar-refractivity contribution is 0.188. The Morgan fingerprint density at radius 2 is 1.79 bits per heavy atom. The van der Waals surface area contributed by atoms with Gasteiger partial charge in [0, 0.05) is 6.42 Å². The minimum atomic E-state index is -1.80. The molecule has 0 saturated carbocycles. The van der Waals surface area contributed by atoms with E-state index in [-0.39, 0.29) is 22.2 Å². The van der Waals surface area contributed by atoms with Crippen LogP contribution in [-0.2, 0) is 9.16 Å². The van der Waals surface area contributed by atoms with Crippen LogP contribution in [-0.4, -0.2) is 26.1 Å². The second-order valence-electron chi connectivity index (χ2n) is 10.3. The Bertz CT molecular complexity index is 524. The van der Waals surface area contributed by atoms with Crippen LogP contribution in [0.2, 0.25) is 18.1 Å². The highest BCUT2D eigenvalue weighted by Crippen LogP contribution is 2.46. The van der Waals surface area contributed by atoms with E-state index in [1.54, 1.807) is 0 Å². The van der Waals surface area contributed by atoms with Crippen molar-refractivity contribution in [2.45, 2.75) is 104 Å². The van der Waals surface area contributed by atoms with Crippen LogP contribution in [0.15, 0.2) is 23.8 Å². The van der Waals surface area contributed by atoms with Gasteiger partial charge in [-0.05, 0) is 55.8 Å². The van der Waals surface area contributed by atoms with Gasteiger partial charge >= 0.3 is 0 Å². The number of hydrogen-bond donors (Lipinski definition) is 0. The molecule has 1 heterocycles. The van der Waals surface area contributed by atoms with Crippen molar-refractivity contribution in [2.75, 3.05) is 0 Å². The Kier molecular flexibility index (Phi) is 5.32. The monoisotopic (exact) mass is 350 g/mol. The van der Waals surface area contributed by atoms with Gasteiger partial charge in [0.15, 0.2) is 8.32 Å². The Morgan fingerprint density at radius 3 is 2.38 bits per heavy atom. The molecule has 2 aliphatic rings. The molecule has 0 spiro atoms. The number of hydrogen-bond acceptors (Lipinski definition) is 2. The van der Waals surface area contributed by atoms with Crippen LogP contribution in [0.3, 0.4) is 0 Å². The molecule has 0 amide bonds. The fraction of sp³-hybridized carbons (Fsp3) is 0.810. The first-order valence-electron chi connectivity index (χ1n) is 9.46. The highest BCUT2D eigenvalue weighted by Gasteiger charge is 2.53. The largest absolute Gasteiger partial charge is 0.410 e. The van der Waals surface area contributed by atoms with Crippen LogP contribution in [0.1, 0.15) is 67.7 Å². The molecule has 1 aliphatic carbocycles. The molecule has 138 valence electrons. The van der Waals surface area contributed by atoms with E-state index in [0.717, 1.165) is 19.3 Å². The van der Waals surface area contributed by atoms with E-state index < -0.39 is 8.32 Å². The molecule has 2 rings (SSSR count). The summed E-state index contributed by atoms with van der Waals surface area (Å²) in [5.74, 6) is 0. The lowest BCUT2D eigenvalue weighted by atomic mass is 9.87. The number of fused-ring (bicyclic) bond motifs is 1. The summed E-state index contributed by atoms with van der Waals surface area (Å²) >= 11 is 0. The zero-order valence-electron chi connectivity index (χ0n) is 17.3. The molecule has 1 aliphatic heterocycles. The van der Waals surface area contributed by atoms with E-state index in [9.17, 15) is 0 Å². The standard InChI is InChI=1S/C21H38O2Si/c1-16-11-14-20(5,6)12-10-13-21(7)18(22-21)15-17(16)23-24(8,9)19(2,3)4/h10-12,17-18H,13-15H2,1-9H3/b12-10+,16-11+/t17-,18+,21+/m0/s1. The van der Waals surface area contributed by atoms with Gasteiger partial charge in [0.2, 0.25) is 0 Å². The number of rotatable bonds is 2. The summed E-state index contributed by atoms with van der Waals surface area (Å²) in [5, 5.41) is 0.230. The van der Waals surface area contributed by atoms with Crippen LogP contribution in [0.25, 0.3) is 0 Å². The van der Waals surface area contributed by atoms with Gasteiger partial charge in [0.25, 0.3) is 0 Å². The third-order valence-electron chi connectivity index (χ3n) is 6.26. The topological polar surface area (TPSA) is 21.8 Å². The molecular weight excluding hydrogens is 312 g/mol. The van der Waals surface area contributed by atoms with Crippen molar-refractivity contribution in [1.29, 1.82) is 0 Å². The molecule has 0 radical (unpaired) electrons. The van der Waals surface area contributed by atoms with Crippen LogP contribution in [0.4, 0.5) is 0 Å².